The molecule has 2 heterocycles. The highest BCUT2D eigenvalue weighted by molar-refractivity contribution is 5.19. The van der Waals surface area contributed by atoms with Crippen molar-refractivity contribution in [2.45, 2.75) is 12.6 Å². The van der Waals surface area contributed by atoms with Crippen molar-refractivity contribution in [2.24, 2.45) is 5.73 Å². The molecule has 0 radical (unpaired) electrons. The van der Waals surface area contributed by atoms with Crippen LogP contribution in [0.1, 0.15) is 23.1 Å². The Morgan fingerprint density at radius 1 is 1.05 bits per heavy atom. The summed E-state index contributed by atoms with van der Waals surface area (Å²) in [7, 11) is 0. The summed E-state index contributed by atoms with van der Waals surface area (Å²) in [6.45, 7) is 0.740. The molecular formula is C15H15N5. The quantitative estimate of drug-likeness (QED) is 0.780. The zero-order valence-electron chi connectivity index (χ0n) is 10.9. The van der Waals surface area contributed by atoms with E-state index in [0.717, 1.165) is 12.4 Å². The Morgan fingerprint density at radius 2 is 1.90 bits per heavy atom. The van der Waals surface area contributed by atoms with E-state index in [1.807, 2.05) is 29.0 Å². The van der Waals surface area contributed by atoms with Gasteiger partial charge in [0.1, 0.15) is 11.9 Å². The predicted octanol–water partition coefficient (Wildman–Crippen LogP) is 1.77. The third kappa shape index (κ3) is 2.57. The molecule has 3 rings (SSSR count). The predicted molar refractivity (Wildman–Crippen MR) is 75.8 cm³/mol. The van der Waals surface area contributed by atoms with Crippen LogP contribution in [0, 0.1) is 0 Å². The zero-order valence-corrected chi connectivity index (χ0v) is 10.9. The number of rotatable bonds is 4. The lowest BCUT2D eigenvalue weighted by Gasteiger charge is -2.13. The van der Waals surface area contributed by atoms with E-state index in [1.54, 1.807) is 24.8 Å². The molecule has 0 aliphatic carbocycles. The van der Waals surface area contributed by atoms with Crippen molar-refractivity contribution in [1.82, 2.24) is 19.5 Å². The average Bonchev–Trinajstić information content (AvgIpc) is 2.96. The van der Waals surface area contributed by atoms with E-state index in [9.17, 15) is 0 Å². The van der Waals surface area contributed by atoms with Gasteiger partial charge in [0, 0.05) is 31.3 Å². The van der Waals surface area contributed by atoms with Gasteiger partial charge in [0.2, 0.25) is 0 Å². The number of nitrogens with zero attached hydrogens (tertiary/aromatic N) is 4. The first-order valence-electron chi connectivity index (χ1n) is 6.41. The van der Waals surface area contributed by atoms with Crippen LogP contribution in [0.3, 0.4) is 0 Å². The van der Waals surface area contributed by atoms with Crippen LogP contribution in [-0.2, 0) is 6.54 Å². The minimum atomic E-state index is -0.373. The Bertz CT molecular complexity index is 663. The normalized spacial score (nSPS) is 12.2. The van der Waals surface area contributed by atoms with Crippen molar-refractivity contribution in [3.63, 3.8) is 0 Å². The molecule has 0 bridgehead atoms. The Balaban J connectivity index is 1.87. The summed E-state index contributed by atoms with van der Waals surface area (Å²) >= 11 is 0. The van der Waals surface area contributed by atoms with Crippen molar-refractivity contribution in [3.05, 3.63) is 78.4 Å². The van der Waals surface area contributed by atoms with Crippen LogP contribution in [0.4, 0.5) is 0 Å². The molecule has 3 aromatic rings. The molecule has 0 aliphatic rings. The molecule has 5 nitrogen and oxygen atoms in total. The minimum absolute atomic E-state index is 0.373. The molecule has 0 saturated heterocycles. The Labute approximate surface area is 117 Å². The van der Waals surface area contributed by atoms with Gasteiger partial charge < -0.3 is 10.3 Å². The fourth-order valence-electron chi connectivity index (χ4n) is 2.12. The number of benzene rings is 1. The number of hydrogen-bond acceptors (Lipinski definition) is 4. The monoisotopic (exact) mass is 265 g/mol. The van der Waals surface area contributed by atoms with Crippen LogP contribution < -0.4 is 5.73 Å². The maximum Gasteiger partial charge on any atom is 0.132 e. The summed E-state index contributed by atoms with van der Waals surface area (Å²) in [6, 6.07) is 9.84. The van der Waals surface area contributed by atoms with Crippen LogP contribution in [0.15, 0.2) is 61.3 Å². The van der Waals surface area contributed by atoms with Gasteiger partial charge in [0.15, 0.2) is 0 Å². The van der Waals surface area contributed by atoms with Crippen molar-refractivity contribution < 1.29 is 0 Å². The van der Waals surface area contributed by atoms with Gasteiger partial charge in [-0.05, 0) is 5.56 Å². The van der Waals surface area contributed by atoms with Gasteiger partial charge in [-0.3, -0.25) is 9.97 Å². The fraction of sp³-hybridized carbons (Fsp3) is 0.133. The van der Waals surface area contributed by atoms with Crippen molar-refractivity contribution >= 4 is 0 Å². The first-order valence-corrected chi connectivity index (χ1v) is 6.41. The maximum atomic E-state index is 6.23. The average molecular weight is 265 g/mol. The van der Waals surface area contributed by atoms with E-state index in [1.165, 1.54) is 5.56 Å². The largest absolute Gasteiger partial charge is 0.329 e. The van der Waals surface area contributed by atoms with Crippen LogP contribution >= 0.6 is 0 Å². The first-order chi connectivity index (χ1) is 9.84. The van der Waals surface area contributed by atoms with Crippen LogP contribution in [0.25, 0.3) is 0 Å². The summed E-state index contributed by atoms with van der Waals surface area (Å²) in [5, 5.41) is 0. The van der Waals surface area contributed by atoms with E-state index in [0.29, 0.717) is 5.69 Å². The molecule has 1 aromatic carbocycles. The molecule has 5 heteroatoms. The van der Waals surface area contributed by atoms with E-state index in [4.69, 9.17) is 5.73 Å². The van der Waals surface area contributed by atoms with Gasteiger partial charge in [-0.15, -0.1) is 0 Å². The minimum Gasteiger partial charge on any atom is -0.329 e. The summed E-state index contributed by atoms with van der Waals surface area (Å²) in [6.07, 6.45) is 8.63. The third-order valence-corrected chi connectivity index (χ3v) is 3.12. The fourth-order valence-corrected chi connectivity index (χ4v) is 2.12. The van der Waals surface area contributed by atoms with Crippen LogP contribution in [0.2, 0.25) is 0 Å². The molecule has 1 atom stereocenters. The van der Waals surface area contributed by atoms with E-state index >= 15 is 0 Å². The number of nitrogens with two attached hydrogens (primary N) is 1. The summed E-state index contributed by atoms with van der Waals surface area (Å²) in [4.78, 5) is 12.7. The molecule has 0 spiro atoms. The summed E-state index contributed by atoms with van der Waals surface area (Å²) < 4.78 is 2.04. The van der Waals surface area contributed by atoms with Crippen LogP contribution in [0.5, 0.6) is 0 Å². The standard InChI is InChI=1S/C15H15N5/c16-14(13-10-17-6-7-18-13)15-19-8-9-20(15)11-12-4-2-1-3-5-12/h1-10,14H,11,16H2. The molecule has 0 aliphatic heterocycles. The molecule has 0 fully saturated rings. The molecule has 0 amide bonds. The number of imidazole rings is 1. The molecule has 20 heavy (non-hydrogen) atoms. The van der Waals surface area contributed by atoms with Gasteiger partial charge in [-0.2, -0.15) is 0 Å². The smallest absolute Gasteiger partial charge is 0.132 e. The molecule has 2 aromatic heterocycles. The molecule has 0 saturated carbocycles. The van der Waals surface area contributed by atoms with Crippen molar-refractivity contribution in [2.75, 3.05) is 0 Å². The highest BCUT2D eigenvalue weighted by Gasteiger charge is 2.16. The SMILES string of the molecule is NC(c1cnccn1)c1nccn1Cc1ccccc1. The maximum absolute atomic E-state index is 6.23. The Hall–Kier alpha value is -2.53. The second kappa shape index (κ2) is 5.63. The van der Waals surface area contributed by atoms with Gasteiger partial charge in [-0.25, -0.2) is 4.98 Å². The highest BCUT2D eigenvalue weighted by Crippen LogP contribution is 2.16. The van der Waals surface area contributed by atoms with E-state index in [-0.39, 0.29) is 6.04 Å². The highest BCUT2D eigenvalue weighted by atomic mass is 15.1. The van der Waals surface area contributed by atoms with E-state index < -0.39 is 0 Å². The molecular weight excluding hydrogens is 250 g/mol. The van der Waals surface area contributed by atoms with Gasteiger partial charge in [0.25, 0.3) is 0 Å². The lowest BCUT2D eigenvalue weighted by Crippen LogP contribution is -2.19. The summed E-state index contributed by atoms with van der Waals surface area (Å²) in [5.41, 5.74) is 8.15. The third-order valence-electron chi connectivity index (χ3n) is 3.12. The van der Waals surface area contributed by atoms with E-state index in [2.05, 4.69) is 27.1 Å². The Morgan fingerprint density at radius 3 is 2.65 bits per heavy atom. The van der Waals surface area contributed by atoms with Gasteiger partial charge in [0.05, 0.1) is 11.9 Å². The summed E-state index contributed by atoms with van der Waals surface area (Å²) in [5.74, 6) is 0.786. The molecule has 2 N–H and O–H groups in total. The number of hydrogen-bond donors (Lipinski definition) is 1. The molecule has 1 unspecified atom stereocenters. The Kier molecular flexibility index (Phi) is 3.52. The lowest BCUT2D eigenvalue weighted by molar-refractivity contribution is 0.661. The van der Waals surface area contributed by atoms with Crippen molar-refractivity contribution in [3.8, 4) is 0 Å². The zero-order chi connectivity index (χ0) is 13.8. The van der Waals surface area contributed by atoms with Crippen LogP contribution in [-0.4, -0.2) is 19.5 Å². The number of aromatic nitrogens is 4. The van der Waals surface area contributed by atoms with Gasteiger partial charge in [-0.1, -0.05) is 30.3 Å². The van der Waals surface area contributed by atoms with Crippen molar-refractivity contribution in [1.29, 1.82) is 0 Å². The lowest BCUT2D eigenvalue weighted by atomic mass is 10.2. The van der Waals surface area contributed by atoms with Gasteiger partial charge >= 0.3 is 0 Å². The topological polar surface area (TPSA) is 69.6 Å². The first kappa shape index (κ1) is 12.5. The second-order valence-corrected chi connectivity index (χ2v) is 4.51. The second-order valence-electron chi connectivity index (χ2n) is 4.51. The molecule has 100 valence electrons.